The van der Waals surface area contributed by atoms with E-state index in [0.29, 0.717) is 26.9 Å². The Morgan fingerprint density at radius 2 is 1.75 bits per heavy atom. The number of halogens is 2. The first-order valence-corrected chi connectivity index (χ1v) is 7.64. The predicted octanol–water partition coefficient (Wildman–Crippen LogP) is 4.46. The number of nitrogens with zero attached hydrogens (tertiary/aromatic N) is 1. The van der Waals surface area contributed by atoms with Crippen LogP contribution in [-0.4, -0.2) is 10.8 Å². The molecular weight excluding hydrogens is 351 g/mol. The Morgan fingerprint density at radius 1 is 1.04 bits per heavy atom. The van der Waals surface area contributed by atoms with Gasteiger partial charge >= 0.3 is 0 Å². The Kier molecular flexibility index (Phi) is 4.38. The van der Waals surface area contributed by atoms with Crippen molar-refractivity contribution >= 4 is 46.6 Å². The Bertz CT molecular complexity index is 903. The maximum absolute atomic E-state index is 12.1. The molecule has 0 saturated carbocycles. The van der Waals surface area contributed by atoms with E-state index in [4.69, 9.17) is 23.2 Å². The number of benzene rings is 2. The molecule has 7 heteroatoms. The van der Waals surface area contributed by atoms with Crippen LogP contribution in [0, 0.1) is 10.1 Å². The first-order chi connectivity index (χ1) is 11.4. The molecule has 0 unspecified atom stereocenters. The van der Waals surface area contributed by atoms with Gasteiger partial charge < -0.3 is 5.32 Å². The number of hydrogen-bond donors (Lipinski definition) is 1. The van der Waals surface area contributed by atoms with Gasteiger partial charge in [-0.05, 0) is 47.5 Å². The summed E-state index contributed by atoms with van der Waals surface area (Å²) in [5.41, 5.74) is 2.50. The van der Waals surface area contributed by atoms with Crippen molar-refractivity contribution in [3.05, 3.63) is 85.4 Å². The van der Waals surface area contributed by atoms with Crippen molar-refractivity contribution in [2.75, 3.05) is 0 Å². The van der Waals surface area contributed by atoms with Crippen LogP contribution in [0.2, 0.25) is 10.0 Å². The number of carbonyl (C=O) groups is 1. The lowest BCUT2D eigenvalue weighted by Crippen LogP contribution is -2.15. The zero-order chi connectivity index (χ0) is 17.3. The van der Waals surface area contributed by atoms with E-state index in [2.05, 4.69) is 5.32 Å². The minimum atomic E-state index is -0.471. The summed E-state index contributed by atoms with van der Waals surface area (Å²) in [6.45, 7) is 0. The molecule has 0 fully saturated rings. The zero-order valence-corrected chi connectivity index (χ0v) is 13.6. The van der Waals surface area contributed by atoms with Crippen molar-refractivity contribution < 1.29 is 9.72 Å². The van der Waals surface area contributed by atoms with Gasteiger partial charge in [0.2, 0.25) is 0 Å². The topological polar surface area (TPSA) is 72.2 Å². The van der Waals surface area contributed by atoms with Crippen molar-refractivity contribution in [2.24, 2.45) is 0 Å². The van der Waals surface area contributed by atoms with Gasteiger partial charge in [-0.1, -0.05) is 29.3 Å². The SMILES string of the molecule is O=C1NC(c2ccc(Cl)c(Cl)c2)=C/C1=C/c1ccc([N+](=O)[O-])cc1. The molecule has 0 radical (unpaired) electrons. The highest BCUT2D eigenvalue weighted by atomic mass is 35.5. The van der Waals surface area contributed by atoms with Crippen LogP contribution in [0.1, 0.15) is 11.1 Å². The van der Waals surface area contributed by atoms with Gasteiger partial charge in [0.15, 0.2) is 0 Å². The van der Waals surface area contributed by atoms with E-state index in [1.165, 1.54) is 12.1 Å². The Balaban J connectivity index is 1.90. The average Bonchev–Trinajstić information content (AvgIpc) is 2.91. The molecule has 0 atom stereocenters. The van der Waals surface area contributed by atoms with E-state index in [1.807, 2.05) is 0 Å². The van der Waals surface area contributed by atoms with Crippen LogP contribution in [0.3, 0.4) is 0 Å². The summed E-state index contributed by atoms with van der Waals surface area (Å²) < 4.78 is 0. The molecule has 2 aromatic rings. The summed E-state index contributed by atoms with van der Waals surface area (Å²) in [5.74, 6) is -0.255. The highest BCUT2D eigenvalue weighted by molar-refractivity contribution is 6.42. The Hall–Kier alpha value is -2.63. The molecule has 0 saturated heterocycles. The molecule has 3 rings (SSSR count). The predicted molar refractivity (Wildman–Crippen MR) is 93.7 cm³/mol. The highest BCUT2D eigenvalue weighted by Gasteiger charge is 2.19. The molecule has 5 nitrogen and oxygen atoms in total. The van der Waals surface area contributed by atoms with Crippen molar-refractivity contribution in [1.29, 1.82) is 0 Å². The lowest BCUT2D eigenvalue weighted by atomic mass is 10.1. The normalized spacial score (nSPS) is 15.3. The van der Waals surface area contributed by atoms with Crippen LogP contribution < -0.4 is 5.32 Å². The number of nitro benzene ring substituents is 1. The van der Waals surface area contributed by atoms with Crippen molar-refractivity contribution in [2.45, 2.75) is 0 Å². The molecule has 0 aliphatic carbocycles. The fraction of sp³-hybridized carbons (Fsp3) is 0. The number of nitrogens with one attached hydrogen (secondary N) is 1. The van der Waals surface area contributed by atoms with E-state index < -0.39 is 4.92 Å². The quantitative estimate of drug-likeness (QED) is 0.499. The fourth-order valence-corrected chi connectivity index (χ4v) is 2.55. The molecule has 0 bridgehead atoms. The monoisotopic (exact) mass is 360 g/mol. The molecule has 0 spiro atoms. The van der Waals surface area contributed by atoms with E-state index in [0.717, 1.165) is 5.56 Å². The van der Waals surface area contributed by atoms with Crippen LogP contribution in [0.4, 0.5) is 5.69 Å². The van der Waals surface area contributed by atoms with Crippen LogP contribution in [0.5, 0.6) is 0 Å². The highest BCUT2D eigenvalue weighted by Crippen LogP contribution is 2.28. The number of nitro groups is 1. The van der Waals surface area contributed by atoms with Crippen LogP contribution in [-0.2, 0) is 4.79 Å². The van der Waals surface area contributed by atoms with Crippen molar-refractivity contribution in [1.82, 2.24) is 5.32 Å². The van der Waals surface area contributed by atoms with E-state index in [9.17, 15) is 14.9 Å². The summed E-state index contributed by atoms with van der Waals surface area (Å²) in [5, 5.41) is 14.3. The fourth-order valence-electron chi connectivity index (χ4n) is 2.25. The van der Waals surface area contributed by atoms with E-state index >= 15 is 0 Å². The Morgan fingerprint density at radius 3 is 2.38 bits per heavy atom. The first kappa shape index (κ1) is 16.2. The lowest BCUT2D eigenvalue weighted by molar-refractivity contribution is -0.384. The van der Waals surface area contributed by atoms with Crippen LogP contribution in [0.15, 0.2) is 54.1 Å². The molecule has 1 amide bonds. The van der Waals surface area contributed by atoms with Crippen molar-refractivity contribution in [3.63, 3.8) is 0 Å². The minimum absolute atomic E-state index is 0.0000562. The molecule has 0 aromatic heterocycles. The number of carbonyl (C=O) groups excluding carboxylic acids is 1. The molecular formula is C17H10Cl2N2O3. The maximum atomic E-state index is 12.1. The zero-order valence-electron chi connectivity index (χ0n) is 12.1. The number of hydrogen-bond acceptors (Lipinski definition) is 3. The van der Waals surface area contributed by atoms with Gasteiger partial charge in [-0.3, -0.25) is 14.9 Å². The third-order valence-corrected chi connectivity index (χ3v) is 4.21. The van der Waals surface area contributed by atoms with Crippen molar-refractivity contribution in [3.8, 4) is 0 Å². The van der Waals surface area contributed by atoms with Crippen LogP contribution in [0.25, 0.3) is 11.8 Å². The van der Waals surface area contributed by atoms with Gasteiger partial charge in [0.25, 0.3) is 11.6 Å². The summed E-state index contributed by atoms with van der Waals surface area (Å²) >= 11 is 11.9. The third-order valence-electron chi connectivity index (χ3n) is 3.47. The molecule has 1 aliphatic heterocycles. The largest absolute Gasteiger partial charge is 0.321 e. The first-order valence-electron chi connectivity index (χ1n) is 6.88. The van der Waals surface area contributed by atoms with Gasteiger partial charge in [0, 0.05) is 23.4 Å². The van der Waals surface area contributed by atoms with E-state index in [-0.39, 0.29) is 11.6 Å². The summed E-state index contributed by atoms with van der Waals surface area (Å²) in [6.07, 6.45) is 3.35. The second-order valence-corrected chi connectivity index (χ2v) is 5.90. The van der Waals surface area contributed by atoms with E-state index in [1.54, 1.807) is 42.5 Å². The number of amides is 1. The molecule has 24 heavy (non-hydrogen) atoms. The summed E-state index contributed by atoms with van der Waals surface area (Å²) in [6, 6.07) is 11.0. The third kappa shape index (κ3) is 3.32. The molecule has 120 valence electrons. The standard InChI is InChI=1S/C17H10Cl2N2O3/c18-14-6-3-11(8-15(14)19)16-9-12(17(22)20-16)7-10-1-4-13(5-2-10)21(23)24/h1-9H,(H,20,22)/b12-7-. The van der Waals surface area contributed by atoms with Gasteiger partial charge in [-0.25, -0.2) is 0 Å². The number of non-ortho nitro benzene ring substituents is 1. The average molecular weight is 361 g/mol. The summed E-state index contributed by atoms with van der Waals surface area (Å²) in [4.78, 5) is 22.3. The minimum Gasteiger partial charge on any atom is -0.321 e. The van der Waals surface area contributed by atoms with Gasteiger partial charge in [0.1, 0.15) is 0 Å². The van der Waals surface area contributed by atoms with Gasteiger partial charge in [-0.15, -0.1) is 0 Å². The Labute approximate surface area is 147 Å². The number of rotatable bonds is 3. The smallest absolute Gasteiger partial charge is 0.269 e. The molecule has 1 aliphatic rings. The van der Waals surface area contributed by atoms with Gasteiger partial charge in [0.05, 0.1) is 15.0 Å². The van der Waals surface area contributed by atoms with Gasteiger partial charge in [-0.2, -0.15) is 0 Å². The second-order valence-electron chi connectivity index (χ2n) is 5.09. The maximum Gasteiger partial charge on any atom is 0.269 e. The molecule has 1 N–H and O–H groups in total. The summed E-state index contributed by atoms with van der Waals surface area (Å²) in [7, 11) is 0. The molecule has 1 heterocycles. The second kappa shape index (κ2) is 6.47. The lowest BCUT2D eigenvalue weighted by Gasteiger charge is -2.04. The molecule has 2 aromatic carbocycles. The van der Waals surface area contributed by atoms with Crippen LogP contribution >= 0.6 is 23.2 Å².